The molecule has 0 N–H and O–H groups in total. The van der Waals surface area contributed by atoms with Gasteiger partial charge < -0.3 is 0 Å². The van der Waals surface area contributed by atoms with E-state index in [2.05, 4.69) is 18.4 Å². The minimum absolute atomic E-state index is 0.824. The van der Waals surface area contributed by atoms with Crippen molar-refractivity contribution in [2.75, 3.05) is 0 Å². The molecule has 2 aromatic rings. The molecule has 0 amide bonds. The Hall–Kier alpha value is -1.15. The number of benzene rings is 1. The highest BCUT2D eigenvalue weighted by atomic mass is 32.1. The van der Waals surface area contributed by atoms with E-state index in [1.165, 1.54) is 10.9 Å². The van der Waals surface area contributed by atoms with Crippen molar-refractivity contribution < 1.29 is 4.79 Å². The van der Waals surface area contributed by atoms with Crippen molar-refractivity contribution in [2.24, 2.45) is 0 Å². The van der Waals surface area contributed by atoms with E-state index in [1.807, 2.05) is 13.0 Å². The van der Waals surface area contributed by atoms with Crippen LogP contribution in [0.4, 0.5) is 0 Å². The number of thiophene rings is 1. The first-order valence-corrected chi connectivity index (χ1v) is 5.60. The van der Waals surface area contributed by atoms with Gasteiger partial charge >= 0.3 is 0 Å². The zero-order valence-corrected chi connectivity index (χ0v) is 9.15. The summed E-state index contributed by atoms with van der Waals surface area (Å²) < 4.78 is 1.13. The van der Waals surface area contributed by atoms with Crippen LogP contribution >= 0.6 is 11.3 Å². The molecule has 0 aliphatic carbocycles. The maximum Gasteiger partial charge on any atom is 0.151 e. The molecule has 0 unspecified atom stereocenters. The number of hydrogen-bond acceptors (Lipinski definition) is 2. The maximum absolute atomic E-state index is 10.9. The molecule has 1 aromatic carbocycles. The molecule has 14 heavy (non-hydrogen) atoms. The van der Waals surface area contributed by atoms with Gasteiger partial charge in [-0.05, 0) is 41.3 Å². The van der Waals surface area contributed by atoms with Crippen molar-refractivity contribution in [3.8, 4) is 0 Å². The lowest BCUT2D eigenvalue weighted by Gasteiger charge is -1.99. The second-order valence-corrected chi connectivity index (χ2v) is 4.34. The van der Waals surface area contributed by atoms with Crippen LogP contribution in [0.3, 0.4) is 0 Å². The summed E-state index contributed by atoms with van der Waals surface area (Å²) >= 11 is 1.67. The fourth-order valence-corrected chi connectivity index (χ4v) is 2.84. The van der Waals surface area contributed by atoms with E-state index in [1.54, 1.807) is 11.3 Å². The van der Waals surface area contributed by atoms with Crippen LogP contribution < -0.4 is 0 Å². The Morgan fingerprint density at radius 2 is 2.21 bits per heavy atom. The van der Waals surface area contributed by atoms with Gasteiger partial charge in [0.2, 0.25) is 0 Å². The lowest BCUT2D eigenvalue weighted by Crippen LogP contribution is -1.84. The molecule has 2 heteroatoms. The third-order valence-corrected chi connectivity index (χ3v) is 3.53. The van der Waals surface area contributed by atoms with Gasteiger partial charge in [-0.1, -0.05) is 13.0 Å². The van der Waals surface area contributed by atoms with E-state index in [-0.39, 0.29) is 0 Å². The van der Waals surface area contributed by atoms with Crippen LogP contribution in [0.25, 0.3) is 10.1 Å². The fraction of sp³-hybridized carbons (Fsp3) is 0.250. The molecule has 1 nitrogen and oxygen atoms in total. The zero-order valence-electron chi connectivity index (χ0n) is 8.33. The SMILES string of the molecule is CCc1csc2c(C=O)cc(C)cc12. The Labute approximate surface area is 87.4 Å². The van der Waals surface area contributed by atoms with E-state index in [0.29, 0.717) is 0 Å². The van der Waals surface area contributed by atoms with Crippen LogP contribution in [0.15, 0.2) is 17.5 Å². The summed E-state index contributed by atoms with van der Waals surface area (Å²) in [6.45, 7) is 4.17. The average Bonchev–Trinajstić information content (AvgIpc) is 2.59. The zero-order chi connectivity index (χ0) is 10.1. The third-order valence-electron chi connectivity index (χ3n) is 2.43. The largest absolute Gasteiger partial charge is 0.298 e. The first kappa shape index (κ1) is 9.41. The molecular formula is C12H12OS. The minimum Gasteiger partial charge on any atom is -0.298 e. The van der Waals surface area contributed by atoms with Gasteiger partial charge in [-0.2, -0.15) is 0 Å². The van der Waals surface area contributed by atoms with Crippen LogP contribution in [0, 0.1) is 6.92 Å². The van der Waals surface area contributed by atoms with Crippen molar-refractivity contribution in [3.63, 3.8) is 0 Å². The molecule has 1 heterocycles. The van der Waals surface area contributed by atoms with E-state index in [4.69, 9.17) is 0 Å². The number of aldehydes is 1. The predicted molar refractivity (Wildman–Crippen MR) is 61.3 cm³/mol. The van der Waals surface area contributed by atoms with Crippen LogP contribution in [-0.2, 0) is 6.42 Å². The number of hydrogen-bond donors (Lipinski definition) is 0. The molecule has 0 spiro atoms. The van der Waals surface area contributed by atoms with Crippen LogP contribution in [0.5, 0.6) is 0 Å². The van der Waals surface area contributed by atoms with Gasteiger partial charge in [-0.15, -0.1) is 11.3 Å². The summed E-state index contributed by atoms with van der Waals surface area (Å²) in [5.41, 5.74) is 3.33. The van der Waals surface area contributed by atoms with Gasteiger partial charge in [0.25, 0.3) is 0 Å². The lowest BCUT2D eigenvalue weighted by atomic mass is 10.1. The van der Waals surface area contributed by atoms with Crippen LogP contribution in [0.2, 0.25) is 0 Å². The first-order chi connectivity index (χ1) is 6.76. The molecule has 0 saturated carbocycles. The monoisotopic (exact) mass is 204 g/mol. The molecular weight excluding hydrogens is 192 g/mol. The number of aryl methyl sites for hydroxylation is 2. The topological polar surface area (TPSA) is 17.1 Å². The second-order valence-electron chi connectivity index (χ2n) is 3.46. The summed E-state index contributed by atoms with van der Waals surface area (Å²) in [4.78, 5) is 10.9. The van der Waals surface area contributed by atoms with E-state index >= 15 is 0 Å². The molecule has 2 rings (SSSR count). The van der Waals surface area contributed by atoms with Gasteiger partial charge in [0.1, 0.15) is 0 Å². The van der Waals surface area contributed by atoms with Gasteiger partial charge in [0.15, 0.2) is 6.29 Å². The highest BCUT2D eigenvalue weighted by Gasteiger charge is 2.07. The van der Waals surface area contributed by atoms with Crippen molar-refractivity contribution in [1.82, 2.24) is 0 Å². The average molecular weight is 204 g/mol. The molecule has 0 aliphatic heterocycles. The molecule has 0 saturated heterocycles. The number of rotatable bonds is 2. The Kier molecular flexibility index (Phi) is 2.38. The molecule has 0 bridgehead atoms. The Morgan fingerprint density at radius 3 is 2.86 bits per heavy atom. The summed E-state index contributed by atoms with van der Waals surface area (Å²) in [5, 5.41) is 3.40. The highest BCUT2D eigenvalue weighted by Crippen LogP contribution is 2.29. The molecule has 0 fully saturated rings. The predicted octanol–water partition coefficient (Wildman–Crippen LogP) is 3.58. The van der Waals surface area contributed by atoms with Crippen molar-refractivity contribution in [2.45, 2.75) is 20.3 Å². The van der Waals surface area contributed by atoms with Gasteiger partial charge in [-0.25, -0.2) is 0 Å². The molecule has 1 aromatic heterocycles. The summed E-state index contributed by atoms with van der Waals surface area (Å²) in [6, 6.07) is 4.11. The summed E-state index contributed by atoms with van der Waals surface area (Å²) in [7, 11) is 0. The smallest absolute Gasteiger partial charge is 0.151 e. The number of carbonyl (C=O) groups excluding carboxylic acids is 1. The Bertz CT molecular complexity index is 482. The van der Waals surface area contributed by atoms with Crippen LogP contribution in [-0.4, -0.2) is 6.29 Å². The minimum atomic E-state index is 0.824. The Balaban J connectivity index is 2.83. The highest BCUT2D eigenvalue weighted by molar-refractivity contribution is 7.17. The summed E-state index contributed by atoms with van der Waals surface area (Å²) in [5.74, 6) is 0. The van der Waals surface area contributed by atoms with E-state index in [9.17, 15) is 4.79 Å². The lowest BCUT2D eigenvalue weighted by molar-refractivity contribution is 0.112. The molecule has 0 radical (unpaired) electrons. The van der Waals surface area contributed by atoms with Crippen molar-refractivity contribution in [1.29, 1.82) is 0 Å². The third kappa shape index (κ3) is 1.36. The quantitative estimate of drug-likeness (QED) is 0.683. The van der Waals surface area contributed by atoms with Gasteiger partial charge in [0.05, 0.1) is 0 Å². The van der Waals surface area contributed by atoms with Crippen molar-refractivity contribution in [3.05, 3.63) is 34.2 Å². The number of carbonyl (C=O) groups is 1. The first-order valence-electron chi connectivity index (χ1n) is 4.72. The second kappa shape index (κ2) is 3.54. The fourth-order valence-electron chi connectivity index (χ4n) is 1.73. The Morgan fingerprint density at radius 1 is 1.43 bits per heavy atom. The molecule has 0 aliphatic rings. The molecule has 0 atom stereocenters. The normalized spacial score (nSPS) is 10.7. The number of fused-ring (bicyclic) bond motifs is 1. The van der Waals surface area contributed by atoms with Crippen molar-refractivity contribution >= 4 is 27.7 Å². The molecule has 72 valence electrons. The van der Waals surface area contributed by atoms with Gasteiger partial charge in [-0.3, -0.25) is 4.79 Å². The van der Waals surface area contributed by atoms with Crippen LogP contribution in [0.1, 0.15) is 28.4 Å². The van der Waals surface area contributed by atoms with E-state index in [0.717, 1.165) is 28.5 Å². The van der Waals surface area contributed by atoms with E-state index < -0.39 is 0 Å². The summed E-state index contributed by atoms with van der Waals surface area (Å²) in [6.07, 6.45) is 1.98. The standard InChI is InChI=1S/C12H12OS/c1-3-9-7-14-12-10(6-13)4-8(2)5-11(9)12/h4-7H,3H2,1-2H3. The van der Waals surface area contributed by atoms with Gasteiger partial charge in [0, 0.05) is 10.3 Å². The maximum atomic E-state index is 10.9.